The van der Waals surface area contributed by atoms with Gasteiger partial charge in [0.15, 0.2) is 0 Å². The molecule has 6 heteroatoms. The minimum absolute atomic E-state index is 0.0153. The Balaban J connectivity index is 1.32. The normalized spacial score (nSPS) is 15.9. The highest BCUT2D eigenvalue weighted by molar-refractivity contribution is 7.98. The standard InChI is InChI=1S/C23H21N3O2S/c27-23(25-19-7-5-8-20-17(19)11-13-28-20)18-6-1-2-9-21(18)29-15-16-14-26-12-4-3-10-22(26)24-16/h1-4,6,9-14,19H,5,7-8,15H2,(H,25,27). The van der Waals surface area contributed by atoms with Crippen molar-refractivity contribution < 1.29 is 9.21 Å². The van der Waals surface area contributed by atoms with Gasteiger partial charge in [-0.25, -0.2) is 4.98 Å². The van der Waals surface area contributed by atoms with E-state index in [1.165, 1.54) is 0 Å². The van der Waals surface area contributed by atoms with E-state index < -0.39 is 0 Å². The number of rotatable bonds is 5. The summed E-state index contributed by atoms with van der Waals surface area (Å²) in [5, 5.41) is 3.21. The number of fused-ring (bicyclic) bond motifs is 2. The number of aryl methyl sites for hydroxylation is 1. The summed E-state index contributed by atoms with van der Waals surface area (Å²) in [6.07, 6.45) is 8.65. The van der Waals surface area contributed by atoms with Gasteiger partial charge in [0.05, 0.1) is 23.6 Å². The molecule has 0 saturated heterocycles. The highest BCUT2D eigenvalue weighted by atomic mass is 32.2. The van der Waals surface area contributed by atoms with E-state index in [1.54, 1.807) is 18.0 Å². The molecule has 4 aromatic rings. The van der Waals surface area contributed by atoms with Crippen LogP contribution in [0.15, 0.2) is 76.5 Å². The largest absolute Gasteiger partial charge is 0.469 e. The van der Waals surface area contributed by atoms with E-state index >= 15 is 0 Å². The van der Waals surface area contributed by atoms with Gasteiger partial charge < -0.3 is 14.1 Å². The predicted octanol–water partition coefficient (Wildman–Crippen LogP) is 5.03. The molecule has 0 spiro atoms. The molecule has 1 atom stereocenters. The van der Waals surface area contributed by atoms with Crippen LogP contribution in [0.5, 0.6) is 0 Å². The lowest BCUT2D eigenvalue weighted by molar-refractivity contribution is 0.0929. The first-order valence-electron chi connectivity index (χ1n) is 9.79. The van der Waals surface area contributed by atoms with Crippen molar-refractivity contribution in [1.29, 1.82) is 0 Å². The number of nitrogens with one attached hydrogen (secondary N) is 1. The summed E-state index contributed by atoms with van der Waals surface area (Å²) in [6.45, 7) is 0. The summed E-state index contributed by atoms with van der Waals surface area (Å²) >= 11 is 1.64. The molecule has 0 radical (unpaired) electrons. The van der Waals surface area contributed by atoms with Crippen LogP contribution in [0.1, 0.15) is 46.3 Å². The third-order valence-corrected chi connectivity index (χ3v) is 6.39. The van der Waals surface area contributed by atoms with Crippen molar-refractivity contribution in [1.82, 2.24) is 14.7 Å². The molecule has 0 aliphatic heterocycles. The molecule has 146 valence electrons. The minimum Gasteiger partial charge on any atom is -0.469 e. The lowest BCUT2D eigenvalue weighted by Crippen LogP contribution is -2.30. The third kappa shape index (κ3) is 3.68. The molecule has 0 saturated carbocycles. The monoisotopic (exact) mass is 403 g/mol. The van der Waals surface area contributed by atoms with E-state index in [9.17, 15) is 4.79 Å². The zero-order chi connectivity index (χ0) is 19.6. The number of furan rings is 1. The molecule has 0 bridgehead atoms. The number of carbonyl (C=O) groups excluding carboxylic acids is 1. The third-order valence-electron chi connectivity index (χ3n) is 5.28. The van der Waals surface area contributed by atoms with Gasteiger partial charge in [-0.05, 0) is 43.2 Å². The van der Waals surface area contributed by atoms with Crippen LogP contribution in [0.2, 0.25) is 0 Å². The maximum atomic E-state index is 13.0. The van der Waals surface area contributed by atoms with E-state index in [0.717, 1.165) is 46.8 Å². The smallest absolute Gasteiger partial charge is 0.252 e. The molecule has 29 heavy (non-hydrogen) atoms. The van der Waals surface area contributed by atoms with E-state index in [-0.39, 0.29) is 11.9 Å². The van der Waals surface area contributed by atoms with Crippen molar-refractivity contribution in [3.63, 3.8) is 0 Å². The molecule has 1 aromatic carbocycles. The maximum Gasteiger partial charge on any atom is 0.252 e. The summed E-state index contributed by atoms with van der Waals surface area (Å²) in [5.41, 5.74) is 3.74. The molecule has 5 nitrogen and oxygen atoms in total. The van der Waals surface area contributed by atoms with Crippen molar-refractivity contribution >= 4 is 23.3 Å². The van der Waals surface area contributed by atoms with Crippen molar-refractivity contribution in [2.24, 2.45) is 0 Å². The van der Waals surface area contributed by atoms with E-state index in [0.29, 0.717) is 11.3 Å². The Hall–Kier alpha value is -2.99. The van der Waals surface area contributed by atoms with Crippen LogP contribution in [-0.4, -0.2) is 15.3 Å². The van der Waals surface area contributed by atoms with Crippen LogP contribution >= 0.6 is 11.8 Å². The van der Waals surface area contributed by atoms with Gasteiger partial charge in [-0.1, -0.05) is 18.2 Å². The molecule has 3 heterocycles. The first-order chi connectivity index (χ1) is 14.3. The Bertz CT molecular complexity index is 1130. The van der Waals surface area contributed by atoms with Crippen LogP contribution in [-0.2, 0) is 12.2 Å². The van der Waals surface area contributed by atoms with Gasteiger partial charge in [0.2, 0.25) is 0 Å². The van der Waals surface area contributed by atoms with Crippen molar-refractivity contribution in [2.75, 3.05) is 0 Å². The second-order valence-corrected chi connectivity index (χ2v) is 8.22. The van der Waals surface area contributed by atoms with Gasteiger partial charge in [-0.3, -0.25) is 4.79 Å². The molecule has 0 fully saturated rings. The zero-order valence-corrected chi connectivity index (χ0v) is 16.7. The Labute approximate surface area is 173 Å². The first kappa shape index (κ1) is 18.1. The SMILES string of the molecule is O=C(NC1CCCc2occc21)c1ccccc1SCc1cn2ccccc2n1. The van der Waals surface area contributed by atoms with E-state index in [1.807, 2.05) is 65.3 Å². The summed E-state index contributed by atoms with van der Waals surface area (Å²) < 4.78 is 7.56. The number of pyridine rings is 1. The maximum absolute atomic E-state index is 13.0. The van der Waals surface area contributed by atoms with Crippen LogP contribution in [0.4, 0.5) is 0 Å². The minimum atomic E-state index is -0.0397. The van der Waals surface area contributed by atoms with Crippen LogP contribution < -0.4 is 5.32 Å². The second kappa shape index (κ2) is 7.79. The van der Waals surface area contributed by atoms with Gasteiger partial charge in [0.25, 0.3) is 5.91 Å². The van der Waals surface area contributed by atoms with Gasteiger partial charge in [-0.15, -0.1) is 11.8 Å². The number of amides is 1. The summed E-state index contributed by atoms with van der Waals surface area (Å²) in [7, 11) is 0. The van der Waals surface area contributed by atoms with Crippen molar-refractivity contribution in [3.05, 3.63) is 89.8 Å². The number of benzene rings is 1. The Morgan fingerprint density at radius 3 is 3.03 bits per heavy atom. The van der Waals surface area contributed by atoms with Crippen molar-refractivity contribution in [2.45, 2.75) is 36.0 Å². The predicted molar refractivity (Wildman–Crippen MR) is 113 cm³/mol. The number of aromatic nitrogens is 2. The molecular weight excluding hydrogens is 382 g/mol. The molecule has 1 aliphatic rings. The number of hydrogen-bond acceptors (Lipinski definition) is 4. The fourth-order valence-corrected chi connectivity index (χ4v) is 4.79. The van der Waals surface area contributed by atoms with Gasteiger partial charge in [0.1, 0.15) is 11.4 Å². The number of carbonyl (C=O) groups is 1. The number of hydrogen-bond donors (Lipinski definition) is 1. The molecule has 1 N–H and O–H groups in total. The lowest BCUT2D eigenvalue weighted by atomic mass is 9.93. The molecule has 1 amide bonds. The zero-order valence-electron chi connectivity index (χ0n) is 15.9. The number of thioether (sulfide) groups is 1. The summed E-state index contributed by atoms with van der Waals surface area (Å²) in [5.74, 6) is 1.67. The summed E-state index contributed by atoms with van der Waals surface area (Å²) in [6, 6.07) is 15.7. The molecule has 5 rings (SSSR count). The fraction of sp³-hybridized carbons (Fsp3) is 0.217. The molecule has 1 aliphatic carbocycles. The highest BCUT2D eigenvalue weighted by Crippen LogP contribution is 2.32. The molecular formula is C23H21N3O2S. The Morgan fingerprint density at radius 1 is 1.21 bits per heavy atom. The van der Waals surface area contributed by atoms with Gasteiger partial charge >= 0.3 is 0 Å². The van der Waals surface area contributed by atoms with E-state index in [4.69, 9.17) is 4.42 Å². The average Bonchev–Trinajstić information content (AvgIpc) is 3.39. The lowest BCUT2D eigenvalue weighted by Gasteiger charge is -2.23. The van der Waals surface area contributed by atoms with Crippen LogP contribution in [0.25, 0.3) is 5.65 Å². The topological polar surface area (TPSA) is 59.5 Å². The number of nitrogens with zero attached hydrogens (tertiary/aromatic N) is 2. The Kier molecular flexibility index (Phi) is 4.86. The highest BCUT2D eigenvalue weighted by Gasteiger charge is 2.25. The van der Waals surface area contributed by atoms with Crippen LogP contribution in [0.3, 0.4) is 0 Å². The average molecular weight is 404 g/mol. The van der Waals surface area contributed by atoms with Crippen LogP contribution in [0, 0.1) is 0 Å². The summed E-state index contributed by atoms with van der Waals surface area (Å²) in [4.78, 5) is 18.7. The van der Waals surface area contributed by atoms with Gasteiger partial charge in [-0.2, -0.15) is 0 Å². The molecule has 3 aromatic heterocycles. The quantitative estimate of drug-likeness (QED) is 0.475. The van der Waals surface area contributed by atoms with Gasteiger partial charge in [0, 0.05) is 35.0 Å². The number of imidazole rings is 1. The van der Waals surface area contributed by atoms with Crippen molar-refractivity contribution in [3.8, 4) is 0 Å². The fourth-order valence-electron chi connectivity index (χ4n) is 3.86. The second-order valence-electron chi connectivity index (χ2n) is 7.20. The van der Waals surface area contributed by atoms with E-state index in [2.05, 4.69) is 10.3 Å². The first-order valence-corrected chi connectivity index (χ1v) is 10.8. The Morgan fingerprint density at radius 2 is 2.10 bits per heavy atom. The molecule has 1 unspecified atom stereocenters.